The van der Waals surface area contributed by atoms with Crippen LogP contribution in [0.5, 0.6) is 0 Å². The van der Waals surface area contributed by atoms with Crippen molar-refractivity contribution < 1.29 is 9.53 Å². The van der Waals surface area contributed by atoms with Crippen molar-refractivity contribution in [1.82, 2.24) is 9.55 Å². The fraction of sp³-hybridized carbons (Fsp3) is 0.294. The van der Waals surface area contributed by atoms with Gasteiger partial charge in [0.25, 0.3) is 0 Å². The molecule has 0 aliphatic carbocycles. The second-order valence-electron chi connectivity index (χ2n) is 5.54. The Morgan fingerprint density at radius 2 is 2.17 bits per heavy atom. The summed E-state index contributed by atoms with van der Waals surface area (Å²) in [5.41, 5.74) is 1.67. The van der Waals surface area contributed by atoms with Crippen LogP contribution in [0, 0.1) is 0 Å². The van der Waals surface area contributed by atoms with Crippen LogP contribution in [0.25, 0.3) is 10.9 Å². The van der Waals surface area contributed by atoms with E-state index >= 15 is 0 Å². The Kier molecular flexibility index (Phi) is 4.63. The van der Waals surface area contributed by atoms with Crippen molar-refractivity contribution in [3.63, 3.8) is 0 Å². The van der Waals surface area contributed by atoms with E-state index in [9.17, 15) is 4.79 Å². The molecule has 1 aromatic carbocycles. The SMILES string of the molecule is CCOC(=O)c1cc2ccc([Si](C)C)cc2n1Cc1nccs1. The number of rotatable bonds is 5. The van der Waals surface area contributed by atoms with E-state index in [1.165, 1.54) is 5.19 Å². The summed E-state index contributed by atoms with van der Waals surface area (Å²) in [5, 5.41) is 5.36. The van der Waals surface area contributed by atoms with Gasteiger partial charge in [0.05, 0.1) is 21.9 Å². The normalized spacial score (nSPS) is 11.3. The number of carbonyl (C=O) groups is 1. The molecule has 4 nitrogen and oxygen atoms in total. The topological polar surface area (TPSA) is 44.1 Å². The highest BCUT2D eigenvalue weighted by molar-refractivity contribution is 7.09. The van der Waals surface area contributed by atoms with E-state index in [-0.39, 0.29) is 5.97 Å². The molecule has 0 unspecified atom stereocenters. The molecule has 23 heavy (non-hydrogen) atoms. The van der Waals surface area contributed by atoms with Gasteiger partial charge in [-0.05, 0) is 19.1 Å². The minimum absolute atomic E-state index is 0.277. The summed E-state index contributed by atoms with van der Waals surface area (Å²) >= 11 is 1.60. The van der Waals surface area contributed by atoms with Gasteiger partial charge in [-0.1, -0.05) is 30.4 Å². The number of esters is 1. The quantitative estimate of drug-likeness (QED) is 0.527. The van der Waals surface area contributed by atoms with Crippen LogP contribution in [0.4, 0.5) is 0 Å². The number of hydrogen-bond acceptors (Lipinski definition) is 4. The van der Waals surface area contributed by atoms with Crippen molar-refractivity contribution >= 4 is 42.2 Å². The molecule has 2 aromatic heterocycles. The van der Waals surface area contributed by atoms with E-state index in [4.69, 9.17) is 4.74 Å². The van der Waals surface area contributed by atoms with E-state index in [0.29, 0.717) is 18.8 Å². The van der Waals surface area contributed by atoms with Crippen LogP contribution < -0.4 is 5.19 Å². The Labute approximate surface area is 141 Å². The molecule has 0 spiro atoms. The monoisotopic (exact) mass is 343 g/mol. The van der Waals surface area contributed by atoms with Gasteiger partial charge in [0.15, 0.2) is 0 Å². The third-order valence-electron chi connectivity index (χ3n) is 3.74. The highest BCUT2D eigenvalue weighted by atomic mass is 32.1. The number of ether oxygens (including phenoxy) is 1. The molecule has 0 saturated carbocycles. The van der Waals surface area contributed by atoms with E-state index in [1.807, 2.05) is 22.9 Å². The summed E-state index contributed by atoms with van der Waals surface area (Å²) < 4.78 is 7.25. The number of nitrogens with zero attached hydrogens (tertiary/aromatic N) is 2. The fourth-order valence-corrected chi connectivity index (χ4v) is 4.02. The number of carbonyl (C=O) groups excluding carboxylic acids is 1. The molecule has 0 amide bonds. The molecule has 1 radical (unpaired) electrons. The zero-order chi connectivity index (χ0) is 16.4. The number of hydrogen-bond donors (Lipinski definition) is 0. The molecule has 0 saturated heterocycles. The van der Waals surface area contributed by atoms with Gasteiger partial charge in [-0.25, -0.2) is 9.78 Å². The lowest BCUT2D eigenvalue weighted by atomic mass is 10.2. The summed E-state index contributed by atoms with van der Waals surface area (Å²) in [6, 6.07) is 8.39. The van der Waals surface area contributed by atoms with Gasteiger partial charge < -0.3 is 9.30 Å². The van der Waals surface area contributed by atoms with Crippen LogP contribution in [0.2, 0.25) is 13.1 Å². The molecule has 3 rings (SSSR count). The van der Waals surface area contributed by atoms with Crippen LogP contribution in [-0.4, -0.2) is 30.9 Å². The van der Waals surface area contributed by atoms with Crippen molar-refractivity contribution in [3.05, 3.63) is 46.5 Å². The zero-order valence-corrected chi connectivity index (χ0v) is 15.3. The van der Waals surface area contributed by atoms with Gasteiger partial charge in [0.1, 0.15) is 10.7 Å². The minimum atomic E-state index is -0.544. The van der Waals surface area contributed by atoms with Crippen molar-refractivity contribution in [2.45, 2.75) is 26.6 Å². The summed E-state index contributed by atoms with van der Waals surface area (Å²) in [6.07, 6.45) is 1.79. The first-order valence-corrected chi connectivity index (χ1v) is 11.0. The second kappa shape index (κ2) is 6.68. The second-order valence-corrected chi connectivity index (χ2v) is 9.09. The number of aromatic nitrogens is 2. The maximum atomic E-state index is 12.3. The highest BCUT2D eigenvalue weighted by Gasteiger charge is 2.18. The summed E-state index contributed by atoms with van der Waals surface area (Å²) in [4.78, 5) is 16.7. The lowest BCUT2D eigenvalue weighted by molar-refractivity contribution is 0.0515. The Bertz CT molecular complexity index is 825. The van der Waals surface area contributed by atoms with Crippen molar-refractivity contribution in [3.8, 4) is 0 Å². The molecule has 3 aromatic rings. The van der Waals surface area contributed by atoms with Gasteiger partial charge in [-0.15, -0.1) is 11.3 Å². The fourth-order valence-electron chi connectivity index (χ4n) is 2.58. The van der Waals surface area contributed by atoms with Crippen molar-refractivity contribution in [2.75, 3.05) is 6.61 Å². The van der Waals surface area contributed by atoms with E-state index < -0.39 is 8.80 Å². The first-order valence-electron chi connectivity index (χ1n) is 7.59. The van der Waals surface area contributed by atoms with Gasteiger partial charge in [-0.2, -0.15) is 0 Å². The molecular weight excluding hydrogens is 324 g/mol. The molecule has 2 heterocycles. The Morgan fingerprint density at radius 3 is 2.83 bits per heavy atom. The number of benzene rings is 1. The van der Waals surface area contributed by atoms with Crippen LogP contribution in [0.15, 0.2) is 35.8 Å². The molecule has 0 fully saturated rings. The molecule has 6 heteroatoms. The first kappa shape index (κ1) is 16.0. The maximum absolute atomic E-state index is 12.3. The van der Waals surface area contributed by atoms with Gasteiger partial charge >= 0.3 is 5.97 Å². The third kappa shape index (κ3) is 3.23. The Hall–Kier alpha value is -1.92. The average Bonchev–Trinajstić information content (AvgIpc) is 3.15. The Balaban J connectivity index is 2.14. The molecule has 119 valence electrons. The lowest BCUT2D eigenvalue weighted by Gasteiger charge is -2.10. The minimum Gasteiger partial charge on any atom is -0.461 e. The molecular formula is C17H19N2O2SSi. The van der Waals surface area contributed by atoms with Crippen molar-refractivity contribution in [1.29, 1.82) is 0 Å². The van der Waals surface area contributed by atoms with Gasteiger partial charge in [-0.3, -0.25) is 0 Å². The molecule has 0 atom stereocenters. The third-order valence-corrected chi connectivity index (χ3v) is 5.97. The smallest absolute Gasteiger partial charge is 0.354 e. The van der Waals surface area contributed by atoms with E-state index in [1.54, 1.807) is 17.5 Å². The summed E-state index contributed by atoms with van der Waals surface area (Å²) in [7, 11) is -0.544. The standard InChI is InChI=1S/C17H19N2O2SSi/c1-4-21-17(20)15-9-12-5-6-13(23(2)3)10-14(12)19(15)11-16-18-7-8-22-16/h5-10H,4,11H2,1-3H3. The zero-order valence-electron chi connectivity index (χ0n) is 13.5. The van der Waals surface area contributed by atoms with Crippen LogP contribution in [-0.2, 0) is 11.3 Å². The van der Waals surface area contributed by atoms with Crippen LogP contribution in [0.1, 0.15) is 22.4 Å². The Morgan fingerprint density at radius 1 is 1.35 bits per heavy atom. The number of thiazole rings is 1. The predicted octanol–water partition coefficient (Wildman–Crippen LogP) is 3.28. The summed E-state index contributed by atoms with van der Waals surface area (Å²) in [6.45, 7) is 7.33. The van der Waals surface area contributed by atoms with Gasteiger partial charge in [0, 0.05) is 22.5 Å². The van der Waals surface area contributed by atoms with E-state index in [2.05, 4.69) is 36.3 Å². The van der Waals surface area contributed by atoms with E-state index in [0.717, 1.165) is 15.9 Å². The lowest BCUT2D eigenvalue weighted by Crippen LogP contribution is -2.22. The van der Waals surface area contributed by atoms with Crippen molar-refractivity contribution in [2.24, 2.45) is 0 Å². The molecule has 0 N–H and O–H groups in total. The largest absolute Gasteiger partial charge is 0.461 e. The highest BCUT2D eigenvalue weighted by Crippen LogP contribution is 2.22. The molecule has 0 aliphatic heterocycles. The maximum Gasteiger partial charge on any atom is 0.354 e. The molecule has 0 bridgehead atoms. The summed E-state index contributed by atoms with van der Waals surface area (Å²) in [5.74, 6) is -0.277. The molecule has 0 aliphatic rings. The first-order chi connectivity index (χ1) is 11.1. The predicted molar refractivity (Wildman–Crippen MR) is 96.2 cm³/mol. The van der Waals surface area contributed by atoms with Gasteiger partial charge in [0.2, 0.25) is 0 Å². The average molecular weight is 344 g/mol. The van der Waals surface area contributed by atoms with Crippen LogP contribution >= 0.6 is 11.3 Å². The van der Waals surface area contributed by atoms with Crippen LogP contribution in [0.3, 0.4) is 0 Å². The number of fused-ring (bicyclic) bond motifs is 1.